The molecule has 2 aromatic rings. The smallest absolute Gasteiger partial charge is 0.387 e. The average Bonchev–Trinajstić information content (AvgIpc) is 2.40. The molecule has 0 saturated carbocycles. The third kappa shape index (κ3) is 3.74. The molecule has 0 fully saturated rings. The molecule has 0 unspecified atom stereocenters. The molecule has 106 valence electrons. The molecule has 0 atom stereocenters. The highest BCUT2D eigenvalue weighted by Crippen LogP contribution is 2.28. The summed E-state index contributed by atoms with van der Waals surface area (Å²) in [5, 5.41) is 13.0. The number of ether oxygens (including phenoxy) is 1. The Hall–Kier alpha value is -2.01. The number of phenols is 1. The molecule has 3 nitrogen and oxygen atoms in total. The number of benzene rings is 2. The van der Waals surface area contributed by atoms with E-state index in [1.54, 1.807) is 30.3 Å². The zero-order valence-electron chi connectivity index (χ0n) is 10.3. The highest BCUT2D eigenvalue weighted by molar-refractivity contribution is 6.32. The van der Waals surface area contributed by atoms with Crippen molar-refractivity contribution in [2.24, 2.45) is 0 Å². The molecule has 6 heteroatoms. The van der Waals surface area contributed by atoms with Crippen LogP contribution in [0.1, 0.15) is 5.56 Å². The molecule has 0 amide bonds. The van der Waals surface area contributed by atoms with Crippen LogP contribution in [0.3, 0.4) is 0 Å². The molecule has 0 aliphatic heterocycles. The lowest BCUT2D eigenvalue weighted by molar-refractivity contribution is -0.0498. The molecule has 2 aromatic carbocycles. The topological polar surface area (TPSA) is 41.5 Å². The van der Waals surface area contributed by atoms with Crippen LogP contribution in [0.15, 0.2) is 42.5 Å². The summed E-state index contributed by atoms with van der Waals surface area (Å²) < 4.78 is 28.5. The van der Waals surface area contributed by atoms with Gasteiger partial charge in [-0.25, -0.2) is 0 Å². The van der Waals surface area contributed by atoms with Crippen LogP contribution in [0, 0.1) is 0 Å². The molecule has 2 rings (SSSR count). The summed E-state index contributed by atoms with van der Waals surface area (Å²) in [7, 11) is 0. The molecular formula is C14H12ClF2NO2. The van der Waals surface area contributed by atoms with Gasteiger partial charge in [0.2, 0.25) is 0 Å². The molecule has 2 N–H and O–H groups in total. The number of hydrogen-bond donors (Lipinski definition) is 2. The van der Waals surface area contributed by atoms with Gasteiger partial charge < -0.3 is 15.2 Å². The summed E-state index contributed by atoms with van der Waals surface area (Å²) in [5.41, 5.74) is 1.21. The number of phenolic OH excluding ortho intramolecular Hbond substituents is 1. The highest BCUT2D eigenvalue weighted by Gasteiger charge is 2.06. The van der Waals surface area contributed by atoms with E-state index in [9.17, 15) is 13.9 Å². The van der Waals surface area contributed by atoms with Crippen molar-refractivity contribution in [1.82, 2.24) is 0 Å². The van der Waals surface area contributed by atoms with Crippen molar-refractivity contribution in [3.8, 4) is 11.5 Å². The number of nitrogens with one attached hydrogen (secondary N) is 1. The Bertz CT molecular complexity index is 593. The van der Waals surface area contributed by atoms with Gasteiger partial charge in [0.05, 0.1) is 5.02 Å². The van der Waals surface area contributed by atoms with Gasteiger partial charge >= 0.3 is 6.61 Å². The molecule has 0 radical (unpaired) electrons. The fraction of sp³-hybridized carbons (Fsp3) is 0.143. The van der Waals surface area contributed by atoms with Gasteiger partial charge in [-0.2, -0.15) is 8.78 Å². The first kappa shape index (κ1) is 14.4. The highest BCUT2D eigenvalue weighted by atomic mass is 35.5. The van der Waals surface area contributed by atoms with Gasteiger partial charge in [0.25, 0.3) is 0 Å². The van der Waals surface area contributed by atoms with Crippen molar-refractivity contribution in [2.75, 3.05) is 5.32 Å². The van der Waals surface area contributed by atoms with Crippen LogP contribution in [0.4, 0.5) is 14.5 Å². The van der Waals surface area contributed by atoms with Crippen molar-refractivity contribution < 1.29 is 18.6 Å². The fourth-order valence-electron chi connectivity index (χ4n) is 1.68. The minimum absolute atomic E-state index is 0.00153. The number of rotatable bonds is 5. The predicted octanol–water partition coefficient (Wildman–Crippen LogP) is 4.26. The maximum Gasteiger partial charge on any atom is 0.387 e. The maximum atomic E-state index is 12.1. The van der Waals surface area contributed by atoms with Crippen molar-refractivity contribution >= 4 is 17.3 Å². The van der Waals surface area contributed by atoms with Crippen molar-refractivity contribution in [1.29, 1.82) is 0 Å². The van der Waals surface area contributed by atoms with E-state index in [4.69, 9.17) is 11.6 Å². The van der Waals surface area contributed by atoms with E-state index in [0.717, 1.165) is 0 Å². The number of anilines is 1. The van der Waals surface area contributed by atoms with E-state index in [-0.39, 0.29) is 16.5 Å². The lowest BCUT2D eigenvalue weighted by Crippen LogP contribution is -2.03. The Kier molecular flexibility index (Phi) is 4.63. The summed E-state index contributed by atoms with van der Waals surface area (Å²) in [6, 6.07) is 11.2. The Morgan fingerprint density at radius 2 is 1.95 bits per heavy atom. The van der Waals surface area contributed by atoms with E-state index in [2.05, 4.69) is 10.1 Å². The zero-order chi connectivity index (χ0) is 14.5. The second kappa shape index (κ2) is 6.43. The summed E-state index contributed by atoms with van der Waals surface area (Å²) in [4.78, 5) is 0. The first-order valence-electron chi connectivity index (χ1n) is 5.81. The van der Waals surface area contributed by atoms with Crippen molar-refractivity contribution in [3.05, 3.63) is 53.1 Å². The largest absolute Gasteiger partial charge is 0.506 e. The Morgan fingerprint density at radius 1 is 1.20 bits per heavy atom. The third-order valence-electron chi connectivity index (χ3n) is 2.61. The summed E-state index contributed by atoms with van der Waals surface area (Å²) in [5.74, 6) is 0.0713. The summed E-state index contributed by atoms with van der Waals surface area (Å²) in [6.45, 7) is -2.55. The van der Waals surface area contributed by atoms with Crippen LogP contribution < -0.4 is 10.1 Å². The molecule has 0 aliphatic rings. The molecule has 20 heavy (non-hydrogen) atoms. The van der Waals surface area contributed by atoms with Gasteiger partial charge in [0, 0.05) is 23.9 Å². The standard InChI is InChI=1S/C14H12ClF2NO2/c15-12-6-1-3-9(13(12)19)8-18-10-4-2-5-11(7-10)20-14(16)17/h1-7,14,18-19H,8H2. The van der Waals surface area contributed by atoms with Gasteiger partial charge in [0.15, 0.2) is 0 Å². The molecule has 0 bridgehead atoms. The first-order chi connectivity index (χ1) is 9.56. The van der Waals surface area contributed by atoms with E-state index < -0.39 is 6.61 Å². The van der Waals surface area contributed by atoms with Gasteiger partial charge in [-0.1, -0.05) is 29.8 Å². The van der Waals surface area contributed by atoms with Crippen LogP contribution in [-0.2, 0) is 6.54 Å². The quantitative estimate of drug-likeness (QED) is 0.867. The summed E-state index contributed by atoms with van der Waals surface area (Å²) >= 11 is 5.80. The first-order valence-corrected chi connectivity index (χ1v) is 6.19. The van der Waals surface area contributed by atoms with Gasteiger partial charge in [0.1, 0.15) is 11.5 Å². The average molecular weight is 300 g/mol. The van der Waals surface area contributed by atoms with Crippen molar-refractivity contribution in [2.45, 2.75) is 13.2 Å². The number of aromatic hydroxyl groups is 1. The fourth-order valence-corrected chi connectivity index (χ4v) is 1.88. The predicted molar refractivity (Wildman–Crippen MR) is 73.5 cm³/mol. The van der Waals surface area contributed by atoms with Crippen LogP contribution >= 0.6 is 11.6 Å². The molecule has 0 saturated heterocycles. The second-order valence-electron chi connectivity index (χ2n) is 4.01. The lowest BCUT2D eigenvalue weighted by atomic mass is 10.2. The molecule has 0 heterocycles. The van der Waals surface area contributed by atoms with Gasteiger partial charge in [-0.3, -0.25) is 0 Å². The molecular weight excluding hydrogens is 288 g/mol. The number of para-hydroxylation sites is 1. The van der Waals surface area contributed by atoms with Crippen molar-refractivity contribution in [3.63, 3.8) is 0 Å². The Balaban J connectivity index is 2.05. The monoisotopic (exact) mass is 299 g/mol. The lowest BCUT2D eigenvalue weighted by Gasteiger charge is -2.10. The summed E-state index contributed by atoms with van der Waals surface area (Å²) in [6.07, 6.45) is 0. The number of alkyl halides is 2. The van der Waals surface area contributed by atoms with E-state index in [0.29, 0.717) is 17.8 Å². The molecule has 0 aromatic heterocycles. The molecule has 0 aliphatic carbocycles. The van der Waals surface area contributed by atoms with Gasteiger partial charge in [-0.05, 0) is 18.2 Å². The van der Waals surface area contributed by atoms with Crippen LogP contribution in [-0.4, -0.2) is 11.7 Å². The third-order valence-corrected chi connectivity index (χ3v) is 2.92. The number of halogens is 3. The van der Waals surface area contributed by atoms with Crippen LogP contribution in [0.5, 0.6) is 11.5 Å². The normalized spacial score (nSPS) is 10.6. The van der Waals surface area contributed by atoms with Crippen LogP contribution in [0.2, 0.25) is 5.02 Å². The number of hydrogen-bond acceptors (Lipinski definition) is 3. The SMILES string of the molecule is Oc1c(Cl)cccc1CNc1cccc(OC(F)F)c1. The Morgan fingerprint density at radius 3 is 2.70 bits per heavy atom. The molecule has 0 spiro atoms. The van der Waals surface area contributed by atoms with Gasteiger partial charge in [-0.15, -0.1) is 0 Å². The van der Waals surface area contributed by atoms with E-state index in [1.165, 1.54) is 12.1 Å². The maximum absolute atomic E-state index is 12.1. The minimum Gasteiger partial charge on any atom is -0.506 e. The van der Waals surface area contributed by atoms with E-state index >= 15 is 0 Å². The zero-order valence-corrected chi connectivity index (χ0v) is 11.1. The van der Waals surface area contributed by atoms with E-state index in [1.807, 2.05) is 0 Å². The second-order valence-corrected chi connectivity index (χ2v) is 4.41. The minimum atomic E-state index is -2.86. The van der Waals surface area contributed by atoms with Crippen LogP contribution in [0.25, 0.3) is 0 Å². The Labute approximate surface area is 119 Å².